The molecule has 0 atom stereocenters. The van der Waals surface area contributed by atoms with Gasteiger partial charge in [0.05, 0.1) is 11.4 Å². The van der Waals surface area contributed by atoms with Crippen LogP contribution in [0, 0.1) is 46.5 Å². The standard InChI is InChI=1S/2C13H7F4N/c2*14-9-1-2-13(12(17)6-9)18-7-8-3-10(15)5-11(16)4-8/h2*1-7H. The van der Waals surface area contributed by atoms with Crippen LogP contribution in [-0.2, 0) is 0 Å². The Hall–Kier alpha value is -4.34. The summed E-state index contributed by atoms with van der Waals surface area (Å²) in [5.74, 6) is -6.14. The van der Waals surface area contributed by atoms with Gasteiger partial charge < -0.3 is 0 Å². The number of hydrogen-bond donors (Lipinski definition) is 0. The van der Waals surface area contributed by atoms with Crippen molar-refractivity contribution in [3.05, 3.63) is 130 Å². The molecule has 2 nitrogen and oxygen atoms in total. The van der Waals surface area contributed by atoms with Crippen molar-refractivity contribution >= 4 is 23.8 Å². The summed E-state index contributed by atoms with van der Waals surface area (Å²) in [5, 5.41) is 0. The summed E-state index contributed by atoms with van der Waals surface area (Å²) in [6, 6.07) is 11.4. The quantitative estimate of drug-likeness (QED) is 0.198. The molecule has 0 radical (unpaired) electrons. The van der Waals surface area contributed by atoms with Crippen LogP contribution in [0.25, 0.3) is 0 Å². The molecule has 4 rings (SSSR count). The molecule has 0 N–H and O–H groups in total. The predicted molar refractivity (Wildman–Crippen MR) is 120 cm³/mol. The van der Waals surface area contributed by atoms with Gasteiger partial charge in [-0.1, -0.05) is 0 Å². The monoisotopic (exact) mass is 506 g/mol. The van der Waals surface area contributed by atoms with E-state index in [1.165, 1.54) is 0 Å². The molecular weight excluding hydrogens is 492 g/mol. The van der Waals surface area contributed by atoms with Crippen LogP contribution < -0.4 is 0 Å². The number of nitrogens with zero attached hydrogens (tertiary/aromatic N) is 2. The lowest BCUT2D eigenvalue weighted by Gasteiger charge is -1.97. The Labute approximate surface area is 199 Å². The van der Waals surface area contributed by atoms with Crippen LogP contribution >= 0.6 is 0 Å². The van der Waals surface area contributed by atoms with Gasteiger partial charge in [0.25, 0.3) is 0 Å². The van der Waals surface area contributed by atoms with Crippen LogP contribution in [0.4, 0.5) is 46.5 Å². The highest BCUT2D eigenvalue weighted by atomic mass is 19.2. The molecule has 0 aliphatic carbocycles. The number of hydrogen-bond acceptors (Lipinski definition) is 2. The van der Waals surface area contributed by atoms with Crippen molar-refractivity contribution in [3.63, 3.8) is 0 Å². The van der Waals surface area contributed by atoms with Crippen LogP contribution in [0.15, 0.2) is 82.8 Å². The summed E-state index contributed by atoms with van der Waals surface area (Å²) in [4.78, 5) is 7.40. The minimum absolute atomic E-state index is 0.110. The number of halogens is 8. The van der Waals surface area contributed by atoms with E-state index in [1.807, 2.05) is 0 Å². The molecule has 184 valence electrons. The Morgan fingerprint density at radius 2 is 0.722 bits per heavy atom. The van der Waals surface area contributed by atoms with Gasteiger partial charge in [-0.3, -0.25) is 9.98 Å². The second kappa shape index (κ2) is 11.9. The van der Waals surface area contributed by atoms with Crippen LogP contribution in [0.2, 0.25) is 0 Å². The number of rotatable bonds is 4. The summed E-state index contributed by atoms with van der Waals surface area (Å²) >= 11 is 0. The van der Waals surface area contributed by atoms with Gasteiger partial charge in [0.1, 0.15) is 34.9 Å². The minimum Gasteiger partial charge on any atom is -0.253 e. The molecule has 36 heavy (non-hydrogen) atoms. The maximum absolute atomic E-state index is 13.2. The molecule has 0 aliphatic heterocycles. The molecule has 4 aromatic rings. The molecule has 4 aromatic carbocycles. The highest BCUT2D eigenvalue weighted by Gasteiger charge is 2.04. The summed E-state index contributed by atoms with van der Waals surface area (Å²) in [7, 11) is 0. The Kier molecular flexibility index (Phi) is 8.66. The SMILES string of the molecule is Fc1cc(F)cc(C=Nc2ccc(F)cc2F)c1.Fc1cc(F)cc(C=Nc2ccc(F)cc2F)c1. The molecule has 0 saturated carbocycles. The summed E-state index contributed by atoms with van der Waals surface area (Å²) in [6.45, 7) is 0. The molecular formula is C26H14F8N2. The van der Waals surface area contributed by atoms with Crippen molar-refractivity contribution in [1.82, 2.24) is 0 Å². The van der Waals surface area contributed by atoms with Gasteiger partial charge in [0.15, 0.2) is 11.6 Å². The Bertz CT molecular complexity index is 1280. The molecule has 0 aliphatic rings. The number of benzene rings is 4. The van der Waals surface area contributed by atoms with Gasteiger partial charge >= 0.3 is 0 Å². The first kappa shape index (κ1) is 26.3. The third-order valence-corrected chi connectivity index (χ3v) is 4.29. The van der Waals surface area contributed by atoms with Crippen LogP contribution in [0.1, 0.15) is 11.1 Å². The van der Waals surface area contributed by atoms with E-state index in [0.29, 0.717) is 12.1 Å². The molecule has 0 fully saturated rings. The molecule has 0 bridgehead atoms. The van der Waals surface area contributed by atoms with Gasteiger partial charge in [0, 0.05) is 36.7 Å². The van der Waals surface area contributed by atoms with Crippen molar-refractivity contribution in [2.24, 2.45) is 9.98 Å². The maximum atomic E-state index is 13.2. The lowest BCUT2D eigenvalue weighted by Crippen LogP contribution is -1.87. The van der Waals surface area contributed by atoms with E-state index in [0.717, 1.165) is 73.1 Å². The predicted octanol–water partition coefficient (Wildman–Crippen LogP) is 7.99. The molecule has 0 spiro atoms. The highest BCUT2D eigenvalue weighted by Crippen LogP contribution is 2.19. The lowest BCUT2D eigenvalue weighted by atomic mass is 10.2. The first-order valence-electron chi connectivity index (χ1n) is 9.99. The Morgan fingerprint density at radius 3 is 1.03 bits per heavy atom. The molecule has 0 aromatic heterocycles. The molecule has 10 heteroatoms. The van der Waals surface area contributed by atoms with E-state index in [1.54, 1.807) is 0 Å². The van der Waals surface area contributed by atoms with Gasteiger partial charge in [-0.2, -0.15) is 0 Å². The lowest BCUT2D eigenvalue weighted by molar-refractivity contribution is 0.582. The minimum atomic E-state index is -0.844. The largest absolute Gasteiger partial charge is 0.253 e. The topological polar surface area (TPSA) is 24.7 Å². The highest BCUT2D eigenvalue weighted by molar-refractivity contribution is 5.82. The van der Waals surface area contributed by atoms with Crippen LogP contribution in [0.3, 0.4) is 0 Å². The first-order valence-corrected chi connectivity index (χ1v) is 9.99. The summed E-state index contributed by atoms with van der Waals surface area (Å²) in [5.41, 5.74) is 0.0783. The van der Waals surface area contributed by atoms with E-state index in [9.17, 15) is 35.1 Å². The van der Waals surface area contributed by atoms with Gasteiger partial charge in [-0.15, -0.1) is 0 Å². The van der Waals surface area contributed by atoms with Gasteiger partial charge in [-0.25, -0.2) is 35.1 Å². The van der Waals surface area contributed by atoms with Crippen molar-refractivity contribution in [1.29, 1.82) is 0 Å². The fourth-order valence-corrected chi connectivity index (χ4v) is 2.76. The molecule has 0 saturated heterocycles. The maximum Gasteiger partial charge on any atom is 0.151 e. The van der Waals surface area contributed by atoms with Crippen molar-refractivity contribution in [2.45, 2.75) is 0 Å². The van der Waals surface area contributed by atoms with Crippen molar-refractivity contribution < 1.29 is 35.1 Å². The third kappa shape index (κ3) is 7.86. The molecule has 0 heterocycles. The Balaban J connectivity index is 0.000000201. The third-order valence-electron chi connectivity index (χ3n) is 4.29. The van der Waals surface area contributed by atoms with E-state index in [-0.39, 0.29) is 22.5 Å². The summed E-state index contributed by atoms with van der Waals surface area (Å²) < 4.78 is 103. The van der Waals surface area contributed by atoms with E-state index >= 15 is 0 Å². The zero-order chi connectivity index (χ0) is 26.2. The second-order valence-electron chi connectivity index (χ2n) is 7.11. The van der Waals surface area contributed by atoms with Crippen molar-refractivity contribution in [3.8, 4) is 0 Å². The van der Waals surface area contributed by atoms with Gasteiger partial charge in [0.2, 0.25) is 0 Å². The molecule has 0 amide bonds. The average Bonchev–Trinajstić information content (AvgIpc) is 2.77. The zero-order valence-corrected chi connectivity index (χ0v) is 18.0. The van der Waals surface area contributed by atoms with E-state index < -0.39 is 46.5 Å². The van der Waals surface area contributed by atoms with E-state index in [2.05, 4.69) is 9.98 Å². The zero-order valence-electron chi connectivity index (χ0n) is 18.0. The molecule has 0 unspecified atom stereocenters. The fourth-order valence-electron chi connectivity index (χ4n) is 2.76. The van der Waals surface area contributed by atoms with Crippen LogP contribution in [-0.4, -0.2) is 12.4 Å². The Morgan fingerprint density at radius 1 is 0.389 bits per heavy atom. The first-order chi connectivity index (χ1) is 17.1. The number of aliphatic imine (C=N–C) groups is 2. The smallest absolute Gasteiger partial charge is 0.151 e. The normalized spacial score (nSPS) is 11.1. The summed E-state index contributed by atoms with van der Waals surface area (Å²) in [6.07, 6.45) is 2.20. The van der Waals surface area contributed by atoms with Gasteiger partial charge in [-0.05, 0) is 59.7 Å². The van der Waals surface area contributed by atoms with Crippen molar-refractivity contribution in [2.75, 3.05) is 0 Å². The van der Waals surface area contributed by atoms with E-state index in [4.69, 9.17) is 0 Å². The second-order valence-corrected chi connectivity index (χ2v) is 7.11. The van der Waals surface area contributed by atoms with Crippen LogP contribution in [0.5, 0.6) is 0 Å². The average molecular weight is 506 g/mol. The fraction of sp³-hybridized carbons (Fsp3) is 0.